The molecule has 0 bridgehead atoms. The van der Waals surface area contributed by atoms with E-state index in [0.717, 1.165) is 10.6 Å². The van der Waals surface area contributed by atoms with Gasteiger partial charge in [0.25, 0.3) is 0 Å². The zero-order chi connectivity index (χ0) is 15.8. The molecule has 0 unspecified atom stereocenters. The zero-order valence-electron chi connectivity index (χ0n) is 14.0. The number of aryl methyl sites for hydroxylation is 4. The monoisotopic (exact) mass is 302 g/mol. The van der Waals surface area contributed by atoms with E-state index in [2.05, 4.69) is 77.9 Å². The van der Waals surface area contributed by atoms with Gasteiger partial charge in [0.15, 0.2) is 0 Å². The van der Waals surface area contributed by atoms with Crippen molar-refractivity contribution >= 4 is 18.1 Å². The fourth-order valence-electron chi connectivity index (χ4n) is 2.79. The molecule has 0 fully saturated rings. The Morgan fingerprint density at radius 2 is 1.10 bits per heavy atom. The first-order valence-corrected chi connectivity index (χ1v) is 9.67. The van der Waals surface area contributed by atoms with E-state index in [1.54, 1.807) is 0 Å². The van der Waals surface area contributed by atoms with Crippen LogP contribution in [0.15, 0.2) is 36.4 Å². The van der Waals surface area contributed by atoms with Crippen LogP contribution < -0.4 is 10.6 Å². The molecule has 2 aromatic carbocycles. The summed E-state index contributed by atoms with van der Waals surface area (Å²) in [7, 11) is -2.69. The third-order valence-corrected chi connectivity index (χ3v) is 8.78. The molecule has 0 saturated heterocycles. The molecule has 0 aromatic heterocycles. The van der Waals surface area contributed by atoms with Gasteiger partial charge in [-0.1, -0.05) is 0 Å². The van der Waals surface area contributed by atoms with Crippen molar-refractivity contribution < 1.29 is 4.89 Å². The van der Waals surface area contributed by atoms with E-state index in [1.807, 2.05) is 0 Å². The summed E-state index contributed by atoms with van der Waals surface area (Å²) in [5.41, 5.74) is 5.30. The molecule has 21 heavy (non-hydrogen) atoms. The van der Waals surface area contributed by atoms with Gasteiger partial charge in [-0.05, 0) is 0 Å². The van der Waals surface area contributed by atoms with Crippen LogP contribution in [0.1, 0.15) is 36.1 Å². The first-order valence-electron chi connectivity index (χ1n) is 7.64. The second-order valence-corrected chi connectivity index (χ2v) is 10.4. The van der Waals surface area contributed by atoms with E-state index in [0.29, 0.717) is 0 Å². The predicted octanol–water partition coefficient (Wildman–Crippen LogP) is 3.94. The van der Waals surface area contributed by atoms with Gasteiger partial charge in [0.2, 0.25) is 0 Å². The van der Waals surface area contributed by atoms with Crippen LogP contribution in [-0.4, -0.2) is 10.6 Å². The van der Waals surface area contributed by atoms with Gasteiger partial charge in [-0.3, -0.25) is 0 Å². The topological polar surface area (TPSA) is 20.2 Å². The van der Waals surface area contributed by atoms with E-state index < -0.39 is 7.49 Å². The minimum atomic E-state index is -2.69. The molecule has 0 amide bonds. The van der Waals surface area contributed by atoms with Gasteiger partial charge in [-0.25, -0.2) is 0 Å². The van der Waals surface area contributed by atoms with Gasteiger partial charge in [0, 0.05) is 0 Å². The third-order valence-electron chi connectivity index (χ3n) is 4.73. The molecule has 2 rings (SSSR count). The van der Waals surface area contributed by atoms with Gasteiger partial charge in [0.1, 0.15) is 0 Å². The van der Waals surface area contributed by atoms with Crippen LogP contribution in [0.4, 0.5) is 0 Å². The average molecular weight is 302 g/mol. The Hall–Kier alpha value is -1.17. The van der Waals surface area contributed by atoms with Crippen LogP contribution in [0.2, 0.25) is 0 Å². The molecule has 0 aliphatic heterocycles. The molecule has 2 heteroatoms. The SMILES string of the molecule is Cc1ccc([PH](O)(c2ccc(C)c(C)c2)C(C)C)cc1C. The van der Waals surface area contributed by atoms with Gasteiger partial charge >= 0.3 is 129 Å². The molecule has 0 aliphatic rings. The second kappa shape index (κ2) is 5.91. The summed E-state index contributed by atoms with van der Waals surface area (Å²) in [5.74, 6) is 0. The average Bonchev–Trinajstić information content (AvgIpc) is 2.43. The summed E-state index contributed by atoms with van der Waals surface area (Å²) in [6.45, 7) is 12.7. The Bertz CT molecular complexity index is 607. The second-order valence-electron chi connectivity index (χ2n) is 6.52. The molecule has 0 atom stereocenters. The van der Waals surface area contributed by atoms with Crippen LogP contribution >= 0.6 is 7.49 Å². The predicted molar refractivity (Wildman–Crippen MR) is 96.8 cm³/mol. The molecule has 0 spiro atoms. The first kappa shape index (κ1) is 16.2. The summed E-state index contributed by atoms with van der Waals surface area (Å²) in [6.07, 6.45) is 0. The molecular formula is C19H27OP. The Labute approximate surface area is 129 Å². The van der Waals surface area contributed by atoms with Crippen LogP contribution in [0.5, 0.6) is 0 Å². The van der Waals surface area contributed by atoms with Gasteiger partial charge in [-0.2, -0.15) is 0 Å². The number of hydrogen-bond acceptors (Lipinski definition) is 1. The van der Waals surface area contributed by atoms with Gasteiger partial charge in [0.05, 0.1) is 0 Å². The van der Waals surface area contributed by atoms with Crippen molar-refractivity contribution in [3.05, 3.63) is 58.7 Å². The summed E-state index contributed by atoms with van der Waals surface area (Å²) >= 11 is 0. The van der Waals surface area contributed by atoms with Crippen molar-refractivity contribution in [1.82, 2.24) is 0 Å². The minimum absolute atomic E-state index is 0.238. The molecule has 114 valence electrons. The van der Waals surface area contributed by atoms with E-state index in [4.69, 9.17) is 0 Å². The normalized spacial score (nSPS) is 12.8. The molecular weight excluding hydrogens is 275 g/mol. The van der Waals surface area contributed by atoms with Crippen molar-refractivity contribution in [3.8, 4) is 0 Å². The molecule has 1 nitrogen and oxygen atoms in total. The molecule has 0 aliphatic carbocycles. The first-order chi connectivity index (χ1) is 9.76. The maximum atomic E-state index is 11.6. The van der Waals surface area contributed by atoms with Gasteiger partial charge < -0.3 is 0 Å². The molecule has 0 saturated carbocycles. The zero-order valence-corrected chi connectivity index (χ0v) is 15.0. The molecule has 2 aromatic rings. The van der Waals surface area contributed by atoms with Crippen LogP contribution in [0, 0.1) is 27.7 Å². The maximum absolute atomic E-state index is 11.6. The van der Waals surface area contributed by atoms with Crippen molar-refractivity contribution in [2.45, 2.75) is 47.2 Å². The van der Waals surface area contributed by atoms with Crippen LogP contribution in [0.25, 0.3) is 0 Å². The summed E-state index contributed by atoms with van der Waals surface area (Å²) in [5, 5.41) is 2.23. The van der Waals surface area contributed by atoms with Crippen molar-refractivity contribution in [2.24, 2.45) is 0 Å². The Kier molecular flexibility index (Phi) is 4.56. The standard InChI is InChI=1S/C19H27OP/c1-13(2)21(20,18-9-7-14(3)16(5)11-18)19-10-8-15(4)17(6)12-19/h7-13,20-21H,1-6H3. The number of benzene rings is 2. The number of rotatable bonds is 3. The van der Waals surface area contributed by atoms with E-state index >= 15 is 0 Å². The van der Waals surface area contributed by atoms with Crippen molar-refractivity contribution in [1.29, 1.82) is 0 Å². The molecule has 0 heterocycles. The Morgan fingerprint density at radius 3 is 1.38 bits per heavy atom. The third kappa shape index (κ3) is 2.91. The fourth-order valence-corrected chi connectivity index (χ4v) is 6.00. The summed E-state index contributed by atoms with van der Waals surface area (Å²) in [4.78, 5) is 11.6. The van der Waals surface area contributed by atoms with Crippen LogP contribution in [-0.2, 0) is 0 Å². The summed E-state index contributed by atoms with van der Waals surface area (Å²) < 4.78 is 0. The molecule has 0 radical (unpaired) electrons. The van der Waals surface area contributed by atoms with Crippen LogP contribution in [0.3, 0.4) is 0 Å². The Morgan fingerprint density at radius 1 is 0.714 bits per heavy atom. The fraction of sp³-hybridized carbons (Fsp3) is 0.368. The number of hydrogen-bond donors (Lipinski definition) is 1. The Balaban J connectivity index is 2.64. The van der Waals surface area contributed by atoms with E-state index in [9.17, 15) is 4.89 Å². The van der Waals surface area contributed by atoms with Crippen molar-refractivity contribution in [3.63, 3.8) is 0 Å². The van der Waals surface area contributed by atoms with E-state index in [-0.39, 0.29) is 5.66 Å². The molecule has 1 N–H and O–H groups in total. The van der Waals surface area contributed by atoms with Gasteiger partial charge in [-0.15, -0.1) is 0 Å². The van der Waals surface area contributed by atoms with E-state index in [1.165, 1.54) is 22.3 Å². The van der Waals surface area contributed by atoms with Crippen molar-refractivity contribution in [2.75, 3.05) is 0 Å². The summed E-state index contributed by atoms with van der Waals surface area (Å²) in [6, 6.07) is 12.8. The quantitative estimate of drug-likeness (QED) is 0.852.